The molecule has 0 radical (unpaired) electrons. The summed E-state index contributed by atoms with van der Waals surface area (Å²) in [6.07, 6.45) is -1.36. The average molecular weight is 478 g/mol. The van der Waals surface area contributed by atoms with Gasteiger partial charge in [0.1, 0.15) is 5.78 Å². The molecule has 0 fully saturated rings. The second kappa shape index (κ2) is 15.5. The van der Waals surface area contributed by atoms with Crippen molar-refractivity contribution >= 4 is 35.8 Å². The Labute approximate surface area is 189 Å². The van der Waals surface area contributed by atoms with Gasteiger partial charge in [-0.05, 0) is 6.92 Å². The molecule has 0 atom stereocenters. The summed E-state index contributed by atoms with van der Waals surface area (Å²) in [5, 5.41) is 45.2. The van der Waals surface area contributed by atoms with E-state index in [-0.39, 0.29) is 51.6 Å². The van der Waals surface area contributed by atoms with E-state index in [1.54, 1.807) is 0 Å². The number of nitrogens with zero attached hydrogens (tertiary/aromatic N) is 4. The number of ketones is 1. The van der Waals surface area contributed by atoms with Gasteiger partial charge in [-0.3, -0.25) is 38.7 Å². The summed E-state index contributed by atoms with van der Waals surface area (Å²) in [6.45, 7) is -1.43. The summed E-state index contributed by atoms with van der Waals surface area (Å²) in [4.78, 5) is 71.3. The predicted molar refractivity (Wildman–Crippen MR) is 110 cm³/mol. The standard InChI is InChI=1S/C18H30N4O11/c1-13(23)8-20(10-15(26)27)3-2-19(9-14(24)25)4-6-22(18(32)33)7-5-21(11-16(28)29)12-17(30)31/h2-12H2,1H3,(H,24,25)(H,26,27)(H,28,29)(H,30,31)(H,32,33). The molecular weight excluding hydrogens is 448 g/mol. The molecule has 0 aromatic carbocycles. The van der Waals surface area contributed by atoms with Crippen LogP contribution in [0, 0.1) is 0 Å². The lowest BCUT2D eigenvalue weighted by molar-refractivity contribution is -0.142. The van der Waals surface area contributed by atoms with Crippen molar-refractivity contribution in [3.8, 4) is 0 Å². The van der Waals surface area contributed by atoms with Crippen molar-refractivity contribution in [3.63, 3.8) is 0 Å². The molecule has 0 aliphatic rings. The lowest BCUT2D eigenvalue weighted by Gasteiger charge is -2.28. The molecule has 0 unspecified atom stereocenters. The molecule has 0 saturated heterocycles. The molecular formula is C18H30N4O11. The van der Waals surface area contributed by atoms with Gasteiger partial charge >= 0.3 is 30.0 Å². The topological polar surface area (TPSA) is 217 Å². The third-order valence-corrected chi connectivity index (χ3v) is 4.26. The summed E-state index contributed by atoms with van der Waals surface area (Å²) in [6, 6.07) is 0. The second-order valence-electron chi connectivity index (χ2n) is 7.24. The number of carboxylic acid groups (broad SMARTS) is 5. The summed E-state index contributed by atoms with van der Waals surface area (Å²) in [7, 11) is 0. The van der Waals surface area contributed by atoms with Gasteiger partial charge in [-0.2, -0.15) is 0 Å². The van der Waals surface area contributed by atoms with Gasteiger partial charge < -0.3 is 30.4 Å². The van der Waals surface area contributed by atoms with Crippen LogP contribution >= 0.6 is 0 Å². The van der Waals surface area contributed by atoms with Gasteiger partial charge in [-0.25, -0.2) is 4.79 Å². The minimum Gasteiger partial charge on any atom is -0.480 e. The fourth-order valence-electron chi connectivity index (χ4n) is 2.89. The Bertz CT molecular complexity index is 684. The van der Waals surface area contributed by atoms with Crippen LogP contribution in [0.1, 0.15) is 6.92 Å². The van der Waals surface area contributed by atoms with Crippen LogP contribution < -0.4 is 0 Å². The van der Waals surface area contributed by atoms with Crippen molar-refractivity contribution in [3.05, 3.63) is 0 Å². The highest BCUT2D eigenvalue weighted by molar-refractivity contribution is 5.78. The maximum absolute atomic E-state index is 11.5. The maximum atomic E-state index is 11.5. The first-order chi connectivity index (χ1) is 15.3. The Morgan fingerprint density at radius 1 is 0.485 bits per heavy atom. The molecule has 0 aromatic heterocycles. The van der Waals surface area contributed by atoms with E-state index in [9.17, 15) is 33.9 Å². The molecule has 15 nitrogen and oxygen atoms in total. The summed E-state index contributed by atoms with van der Waals surface area (Å²) in [5.74, 6) is -5.18. The van der Waals surface area contributed by atoms with Gasteiger partial charge in [0.15, 0.2) is 0 Å². The molecule has 0 aliphatic carbocycles. The molecule has 0 heterocycles. The minimum absolute atomic E-state index is 0.0442. The zero-order chi connectivity index (χ0) is 25.6. The SMILES string of the molecule is CC(=O)CN(CCN(CCN(CCN(CC(=O)O)CC(=O)O)C(=O)O)CC(=O)O)CC(=O)O. The lowest BCUT2D eigenvalue weighted by Crippen LogP contribution is -2.46. The molecule has 15 heteroatoms. The Hall–Kier alpha value is -3.30. The van der Waals surface area contributed by atoms with Gasteiger partial charge in [0.05, 0.1) is 32.7 Å². The van der Waals surface area contributed by atoms with Crippen molar-refractivity contribution in [2.24, 2.45) is 0 Å². The smallest absolute Gasteiger partial charge is 0.407 e. The van der Waals surface area contributed by atoms with Crippen LogP contribution in [-0.2, 0) is 24.0 Å². The number of hydrogen-bond donors (Lipinski definition) is 5. The van der Waals surface area contributed by atoms with E-state index in [1.807, 2.05) is 0 Å². The number of amides is 1. The summed E-state index contributed by atoms with van der Waals surface area (Å²) in [5.41, 5.74) is 0. The molecule has 188 valence electrons. The molecule has 0 spiro atoms. The quantitative estimate of drug-likeness (QED) is 0.133. The monoisotopic (exact) mass is 478 g/mol. The number of carbonyl (C=O) groups is 6. The van der Waals surface area contributed by atoms with E-state index in [0.29, 0.717) is 0 Å². The average Bonchev–Trinajstić information content (AvgIpc) is 2.62. The first-order valence-electron chi connectivity index (χ1n) is 9.81. The first kappa shape index (κ1) is 29.7. The highest BCUT2D eigenvalue weighted by Gasteiger charge is 2.20. The van der Waals surface area contributed by atoms with Crippen molar-refractivity contribution < 1.29 is 54.3 Å². The van der Waals surface area contributed by atoms with Crippen LogP contribution in [0.15, 0.2) is 0 Å². The Balaban J connectivity index is 5.04. The van der Waals surface area contributed by atoms with Crippen molar-refractivity contribution in [2.45, 2.75) is 6.92 Å². The highest BCUT2D eigenvalue weighted by atomic mass is 16.4. The Morgan fingerprint density at radius 3 is 1.15 bits per heavy atom. The van der Waals surface area contributed by atoms with Gasteiger partial charge in [0, 0.05) is 39.3 Å². The van der Waals surface area contributed by atoms with Crippen molar-refractivity contribution in [1.29, 1.82) is 0 Å². The van der Waals surface area contributed by atoms with Gasteiger partial charge in [0.2, 0.25) is 0 Å². The van der Waals surface area contributed by atoms with E-state index in [4.69, 9.17) is 20.4 Å². The Morgan fingerprint density at radius 2 is 0.788 bits per heavy atom. The van der Waals surface area contributed by atoms with E-state index in [2.05, 4.69) is 0 Å². The Kier molecular flexibility index (Phi) is 13.9. The van der Waals surface area contributed by atoms with Gasteiger partial charge in [0.25, 0.3) is 0 Å². The van der Waals surface area contributed by atoms with Crippen LogP contribution in [0.25, 0.3) is 0 Å². The minimum atomic E-state index is -1.36. The third kappa shape index (κ3) is 16.1. The van der Waals surface area contributed by atoms with Crippen LogP contribution in [0.5, 0.6) is 0 Å². The maximum Gasteiger partial charge on any atom is 0.407 e. The summed E-state index contributed by atoms with van der Waals surface area (Å²) < 4.78 is 0. The van der Waals surface area contributed by atoms with Crippen molar-refractivity contribution in [2.75, 3.05) is 72.0 Å². The number of rotatable bonds is 19. The lowest BCUT2D eigenvalue weighted by atomic mass is 10.3. The van der Waals surface area contributed by atoms with Crippen LogP contribution in [0.3, 0.4) is 0 Å². The second-order valence-corrected chi connectivity index (χ2v) is 7.24. The van der Waals surface area contributed by atoms with Crippen LogP contribution in [0.2, 0.25) is 0 Å². The number of carboxylic acids is 4. The number of aliphatic carboxylic acids is 4. The fraction of sp³-hybridized carbons (Fsp3) is 0.667. The van der Waals surface area contributed by atoms with E-state index < -0.39 is 56.1 Å². The third-order valence-electron chi connectivity index (χ3n) is 4.26. The van der Waals surface area contributed by atoms with E-state index >= 15 is 0 Å². The molecule has 0 aromatic rings. The van der Waals surface area contributed by atoms with Gasteiger partial charge in [-0.15, -0.1) is 0 Å². The number of carbonyl (C=O) groups excluding carboxylic acids is 1. The summed E-state index contributed by atoms with van der Waals surface area (Å²) >= 11 is 0. The zero-order valence-corrected chi connectivity index (χ0v) is 18.3. The molecule has 0 saturated carbocycles. The molecule has 0 bridgehead atoms. The molecule has 1 amide bonds. The molecule has 33 heavy (non-hydrogen) atoms. The van der Waals surface area contributed by atoms with Crippen LogP contribution in [-0.4, -0.2) is 153 Å². The largest absolute Gasteiger partial charge is 0.480 e. The zero-order valence-electron chi connectivity index (χ0n) is 18.3. The first-order valence-corrected chi connectivity index (χ1v) is 9.81. The normalized spacial score (nSPS) is 11.0. The fourth-order valence-corrected chi connectivity index (χ4v) is 2.89. The van der Waals surface area contributed by atoms with E-state index in [0.717, 1.165) is 9.80 Å². The van der Waals surface area contributed by atoms with E-state index in [1.165, 1.54) is 16.7 Å². The number of hydrogen-bond acceptors (Lipinski definition) is 9. The highest BCUT2D eigenvalue weighted by Crippen LogP contribution is 1.99. The molecule has 5 N–H and O–H groups in total. The molecule has 0 aliphatic heterocycles. The van der Waals surface area contributed by atoms with Crippen molar-refractivity contribution in [1.82, 2.24) is 19.6 Å². The number of Topliss-reactive ketones (excluding diaryl/α,β-unsaturated/α-hetero) is 1. The van der Waals surface area contributed by atoms with Gasteiger partial charge in [-0.1, -0.05) is 0 Å². The predicted octanol–water partition coefficient (Wildman–Crippen LogP) is -2.20. The van der Waals surface area contributed by atoms with Crippen LogP contribution in [0.4, 0.5) is 4.79 Å². The molecule has 0 rings (SSSR count).